The highest BCUT2D eigenvalue weighted by molar-refractivity contribution is 14.1. The van der Waals surface area contributed by atoms with Gasteiger partial charge in [0.05, 0.1) is 17.0 Å². The van der Waals surface area contributed by atoms with Crippen molar-refractivity contribution in [2.24, 2.45) is 0 Å². The number of benzene rings is 2. The first-order valence-corrected chi connectivity index (χ1v) is 8.89. The average molecular weight is 417 g/mol. The normalized spacial score (nSPS) is 14.6. The molecule has 6 heteroatoms. The molecule has 0 saturated carbocycles. The van der Waals surface area contributed by atoms with Crippen LogP contribution in [-0.2, 0) is 15.6 Å². The van der Waals surface area contributed by atoms with Crippen molar-refractivity contribution in [3.8, 4) is 0 Å². The molecule has 0 aliphatic heterocycles. The minimum atomic E-state index is -3.71. The highest BCUT2D eigenvalue weighted by Gasteiger charge is 2.31. The van der Waals surface area contributed by atoms with E-state index in [1.807, 2.05) is 18.2 Å². The molecule has 21 heavy (non-hydrogen) atoms. The molecule has 0 spiro atoms. The molecule has 2 N–H and O–H groups in total. The summed E-state index contributed by atoms with van der Waals surface area (Å²) in [4.78, 5) is 0.179. The van der Waals surface area contributed by atoms with Crippen LogP contribution in [0.5, 0.6) is 0 Å². The summed E-state index contributed by atoms with van der Waals surface area (Å²) in [6.07, 6.45) is 0. The van der Waals surface area contributed by atoms with Crippen LogP contribution >= 0.6 is 22.6 Å². The molecule has 0 aromatic heterocycles. The summed E-state index contributed by atoms with van der Waals surface area (Å²) in [6.45, 7) is 1.33. The van der Waals surface area contributed by atoms with Crippen molar-refractivity contribution < 1.29 is 13.5 Å². The van der Waals surface area contributed by atoms with Gasteiger partial charge in [0, 0.05) is 3.57 Å². The largest absolute Gasteiger partial charge is 0.394 e. The van der Waals surface area contributed by atoms with Crippen LogP contribution in [-0.4, -0.2) is 20.1 Å². The highest BCUT2D eigenvalue weighted by atomic mass is 127. The maximum atomic E-state index is 12.5. The summed E-state index contributed by atoms with van der Waals surface area (Å²) < 4.78 is 28.5. The Labute approximate surface area is 138 Å². The Morgan fingerprint density at radius 2 is 1.67 bits per heavy atom. The molecule has 2 aromatic rings. The van der Waals surface area contributed by atoms with Crippen LogP contribution in [0.2, 0.25) is 0 Å². The molecular weight excluding hydrogens is 401 g/mol. The van der Waals surface area contributed by atoms with E-state index in [2.05, 4.69) is 27.3 Å². The zero-order chi connectivity index (χ0) is 15.5. The van der Waals surface area contributed by atoms with Crippen molar-refractivity contribution in [3.63, 3.8) is 0 Å². The fraction of sp³-hybridized carbons (Fsp3) is 0.200. The van der Waals surface area contributed by atoms with Crippen LogP contribution in [0.15, 0.2) is 59.5 Å². The Hall–Kier alpha value is -0.960. The second-order valence-corrected chi connectivity index (χ2v) is 7.84. The molecule has 2 rings (SSSR count). The van der Waals surface area contributed by atoms with Gasteiger partial charge in [0.2, 0.25) is 10.0 Å². The first kappa shape index (κ1) is 16.4. The van der Waals surface area contributed by atoms with Crippen molar-refractivity contribution in [2.75, 3.05) is 6.61 Å². The number of sulfonamides is 1. The van der Waals surface area contributed by atoms with Gasteiger partial charge in [-0.2, -0.15) is 4.72 Å². The Balaban J connectivity index is 2.35. The van der Waals surface area contributed by atoms with E-state index in [-0.39, 0.29) is 11.5 Å². The third kappa shape index (κ3) is 3.82. The van der Waals surface area contributed by atoms with E-state index in [0.29, 0.717) is 5.56 Å². The summed E-state index contributed by atoms with van der Waals surface area (Å²) in [5.41, 5.74) is -0.357. The number of hydrogen-bond donors (Lipinski definition) is 2. The molecule has 0 amide bonds. The standard InChI is InChI=1S/C15H16INO3S/c1-15(11-18,12-5-3-2-4-6-12)17-21(19,20)14-9-7-13(16)8-10-14/h2-10,17-18H,11H2,1H3. The number of rotatable bonds is 5. The lowest BCUT2D eigenvalue weighted by atomic mass is 9.94. The van der Waals surface area contributed by atoms with Crippen LogP contribution in [0.1, 0.15) is 12.5 Å². The van der Waals surface area contributed by atoms with E-state index in [4.69, 9.17) is 0 Å². The summed E-state index contributed by atoms with van der Waals surface area (Å²) in [7, 11) is -3.71. The van der Waals surface area contributed by atoms with E-state index < -0.39 is 15.6 Å². The summed E-state index contributed by atoms with van der Waals surface area (Å²) in [6, 6.07) is 15.6. The monoisotopic (exact) mass is 417 g/mol. The minimum absolute atomic E-state index is 0.179. The number of hydrogen-bond acceptors (Lipinski definition) is 3. The van der Waals surface area contributed by atoms with Crippen molar-refractivity contribution in [1.29, 1.82) is 0 Å². The van der Waals surface area contributed by atoms with Gasteiger partial charge in [0.1, 0.15) is 0 Å². The van der Waals surface area contributed by atoms with Gasteiger partial charge in [0.15, 0.2) is 0 Å². The molecule has 0 fully saturated rings. The summed E-state index contributed by atoms with van der Waals surface area (Å²) in [5, 5.41) is 9.66. The number of aliphatic hydroxyl groups excluding tert-OH is 1. The van der Waals surface area contributed by atoms with Crippen LogP contribution in [0, 0.1) is 3.57 Å². The smallest absolute Gasteiger partial charge is 0.241 e. The van der Waals surface area contributed by atoms with E-state index in [9.17, 15) is 13.5 Å². The molecule has 1 atom stereocenters. The highest BCUT2D eigenvalue weighted by Crippen LogP contribution is 2.23. The zero-order valence-corrected chi connectivity index (χ0v) is 14.4. The third-order valence-electron chi connectivity index (χ3n) is 3.21. The fourth-order valence-electron chi connectivity index (χ4n) is 1.96. The lowest BCUT2D eigenvalue weighted by molar-refractivity contribution is 0.196. The number of aliphatic hydroxyl groups is 1. The van der Waals surface area contributed by atoms with Gasteiger partial charge in [-0.05, 0) is 59.3 Å². The second kappa shape index (κ2) is 6.43. The SMILES string of the molecule is CC(CO)(NS(=O)(=O)c1ccc(I)cc1)c1ccccc1. The Morgan fingerprint density at radius 1 is 1.10 bits per heavy atom. The maximum Gasteiger partial charge on any atom is 0.241 e. The molecule has 2 aromatic carbocycles. The fourth-order valence-corrected chi connectivity index (χ4v) is 3.71. The Bertz CT molecular complexity index is 701. The number of halogens is 1. The molecule has 1 unspecified atom stereocenters. The van der Waals surface area contributed by atoms with E-state index in [1.165, 1.54) is 0 Å². The van der Waals surface area contributed by atoms with Crippen molar-refractivity contribution in [2.45, 2.75) is 17.4 Å². The molecule has 0 saturated heterocycles. The van der Waals surface area contributed by atoms with Gasteiger partial charge >= 0.3 is 0 Å². The van der Waals surface area contributed by atoms with Gasteiger partial charge in [-0.3, -0.25) is 0 Å². The molecule has 0 radical (unpaired) electrons. The predicted octanol–water partition coefficient (Wildman–Crippen LogP) is 2.48. The van der Waals surface area contributed by atoms with Gasteiger partial charge in [-0.1, -0.05) is 30.3 Å². The molecule has 0 bridgehead atoms. The first-order chi connectivity index (χ1) is 9.87. The van der Waals surface area contributed by atoms with Crippen molar-refractivity contribution >= 4 is 32.6 Å². The molecular formula is C15H16INO3S. The van der Waals surface area contributed by atoms with Crippen molar-refractivity contribution in [1.82, 2.24) is 4.72 Å². The Morgan fingerprint density at radius 3 is 2.19 bits per heavy atom. The minimum Gasteiger partial charge on any atom is -0.394 e. The van der Waals surface area contributed by atoms with E-state index >= 15 is 0 Å². The quantitative estimate of drug-likeness (QED) is 0.735. The average Bonchev–Trinajstić information content (AvgIpc) is 2.48. The van der Waals surface area contributed by atoms with E-state index in [1.54, 1.807) is 43.3 Å². The maximum absolute atomic E-state index is 12.5. The molecule has 0 heterocycles. The molecule has 0 aliphatic rings. The van der Waals surface area contributed by atoms with Crippen LogP contribution in [0.4, 0.5) is 0 Å². The van der Waals surface area contributed by atoms with Crippen LogP contribution < -0.4 is 4.72 Å². The molecule has 4 nitrogen and oxygen atoms in total. The van der Waals surface area contributed by atoms with Crippen LogP contribution in [0.25, 0.3) is 0 Å². The van der Waals surface area contributed by atoms with E-state index in [0.717, 1.165) is 3.57 Å². The van der Waals surface area contributed by atoms with Gasteiger partial charge < -0.3 is 5.11 Å². The summed E-state index contributed by atoms with van der Waals surface area (Å²) in [5.74, 6) is 0. The Kier molecular flexibility index (Phi) is 5.03. The lowest BCUT2D eigenvalue weighted by Gasteiger charge is -2.29. The zero-order valence-electron chi connectivity index (χ0n) is 11.5. The van der Waals surface area contributed by atoms with Crippen molar-refractivity contribution in [3.05, 3.63) is 63.7 Å². The topological polar surface area (TPSA) is 66.4 Å². The van der Waals surface area contributed by atoms with Gasteiger partial charge in [0.25, 0.3) is 0 Å². The number of nitrogens with one attached hydrogen (secondary N) is 1. The van der Waals surface area contributed by atoms with Gasteiger partial charge in [-0.25, -0.2) is 8.42 Å². The first-order valence-electron chi connectivity index (χ1n) is 6.33. The molecule has 112 valence electrons. The van der Waals surface area contributed by atoms with Crippen LogP contribution in [0.3, 0.4) is 0 Å². The molecule has 0 aliphatic carbocycles. The third-order valence-corrected chi connectivity index (χ3v) is 5.54. The van der Waals surface area contributed by atoms with Gasteiger partial charge in [-0.15, -0.1) is 0 Å². The summed E-state index contributed by atoms with van der Waals surface area (Å²) >= 11 is 2.11. The lowest BCUT2D eigenvalue weighted by Crippen LogP contribution is -2.46. The predicted molar refractivity (Wildman–Crippen MR) is 90.4 cm³/mol. The second-order valence-electron chi connectivity index (χ2n) is 4.92.